The maximum atomic E-state index is 12.2. The summed E-state index contributed by atoms with van der Waals surface area (Å²) in [7, 11) is 0. The molecule has 106 valence electrons. The number of nitrogens with one attached hydrogen (secondary N) is 1. The van der Waals surface area contributed by atoms with Crippen molar-refractivity contribution in [3.63, 3.8) is 0 Å². The van der Waals surface area contributed by atoms with Crippen LogP contribution >= 0.6 is 11.6 Å². The number of carbonyl (C=O) groups is 1. The van der Waals surface area contributed by atoms with Gasteiger partial charge in [-0.2, -0.15) is 0 Å². The number of aryl methyl sites for hydroxylation is 1. The summed E-state index contributed by atoms with van der Waals surface area (Å²) in [5, 5.41) is 3.43. The molecule has 0 aliphatic heterocycles. The average Bonchev–Trinajstić information content (AvgIpc) is 2.49. The molecule has 2 aromatic rings. The molecule has 3 N–H and O–H groups in total. The van der Waals surface area contributed by atoms with Crippen molar-refractivity contribution in [3.8, 4) is 11.8 Å². The molecule has 2 aromatic carbocycles. The summed E-state index contributed by atoms with van der Waals surface area (Å²) < 4.78 is 0. The molecule has 0 aliphatic carbocycles. The normalized spacial score (nSPS) is 9.67. The third-order valence-corrected chi connectivity index (χ3v) is 3.30. The van der Waals surface area contributed by atoms with Crippen LogP contribution in [0.1, 0.15) is 21.5 Å². The van der Waals surface area contributed by atoms with Gasteiger partial charge in [0.1, 0.15) is 0 Å². The lowest BCUT2D eigenvalue weighted by Crippen LogP contribution is -2.12. The first kappa shape index (κ1) is 15.1. The number of nitrogens with two attached hydrogens (primary N) is 1. The number of carbonyl (C=O) groups excluding carboxylic acids is 1. The van der Waals surface area contributed by atoms with E-state index in [2.05, 4.69) is 17.2 Å². The van der Waals surface area contributed by atoms with Gasteiger partial charge in [-0.3, -0.25) is 4.79 Å². The Morgan fingerprint density at radius 3 is 2.81 bits per heavy atom. The lowest BCUT2D eigenvalue weighted by atomic mass is 10.1. The van der Waals surface area contributed by atoms with Gasteiger partial charge in [-0.05, 0) is 42.8 Å². The molecule has 0 aromatic heterocycles. The summed E-state index contributed by atoms with van der Waals surface area (Å²) in [6.07, 6.45) is 0. The topological polar surface area (TPSA) is 55.1 Å². The fourth-order valence-corrected chi connectivity index (χ4v) is 1.95. The third kappa shape index (κ3) is 4.09. The molecular weight excluding hydrogens is 284 g/mol. The monoisotopic (exact) mass is 298 g/mol. The Morgan fingerprint density at radius 2 is 2.10 bits per heavy atom. The fraction of sp³-hybridized carbons (Fsp3) is 0.118. The first-order chi connectivity index (χ1) is 10.1. The first-order valence-corrected chi connectivity index (χ1v) is 6.84. The second kappa shape index (κ2) is 6.94. The number of rotatable bonds is 2. The standard InChI is InChI=1S/C17H15ClN2O/c1-12-7-8-15(11-16(12)18)20-17(21)14-6-2-4-13(10-14)5-3-9-19/h2,4,6-8,10-11H,9,19H2,1H3,(H,20,21). The molecular formula is C17H15ClN2O. The number of hydrogen-bond acceptors (Lipinski definition) is 2. The molecule has 0 atom stereocenters. The highest BCUT2D eigenvalue weighted by molar-refractivity contribution is 6.31. The number of halogens is 1. The van der Waals surface area contributed by atoms with E-state index in [1.54, 1.807) is 24.3 Å². The minimum absolute atomic E-state index is 0.202. The van der Waals surface area contributed by atoms with Crippen LogP contribution in [-0.4, -0.2) is 12.5 Å². The van der Waals surface area contributed by atoms with Gasteiger partial charge in [0.05, 0.1) is 6.54 Å². The molecule has 0 saturated heterocycles. The Bertz CT molecular complexity index is 729. The largest absolute Gasteiger partial charge is 0.322 e. The zero-order chi connectivity index (χ0) is 15.2. The predicted octanol–water partition coefficient (Wildman–Crippen LogP) is 3.21. The molecule has 0 spiro atoms. The number of amides is 1. The molecule has 1 amide bonds. The highest BCUT2D eigenvalue weighted by Crippen LogP contribution is 2.20. The van der Waals surface area contributed by atoms with Gasteiger partial charge >= 0.3 is 0 Å². The van der Waals surface area contributed by atoms with E-state index < -0.39 is 0 Å². The van der Waals surface area contributed by atoms with Gasteiger partial charge in [0, 0.05) is 21.8 Å². The van der Waals surface area contributed by atoms with Crippen LogP contribution in [0.15, 0.2) is 42.5 Å². The fourth-order valence-electron chi connectivity index (χ4n) is 1.77. The first-order valence-electron chi connectivity index (χ1n) is 6.46. The van der Waals surface area contributed by atoms with E-state index in [4.69, 9.17) is 17.3 Å². The van der Waals surface area contributed by atoms with Crippen molar-refractivity contribution >= 4 is 23.2 Å². The van der Waals surface area contributed by atoms with Crippen LogP contribution in [0.25, 0.3) is 0 Å². The highest BCUT2D eigenvalue weighted by Gasteiger charge is 2.07. The van der Waals surface area contributed by atoms with Crippen molar-refractivity contribution in [1.82, 2.24) is 0 Å². The summed E-state index contributed by atoms with van der Waals surface area (Å²) in [4.78, 5) is 12.2. The third-order valence-electron chi connectivity index (χ3n) is 2.89. The summed E-state index contributed by atoms with van der Waals surface area (Å²) >= 11 is 6.04. The summed E-state index contributed by atoms with van der Waals surface area (Å²) in [5.74, 6) is 5.46. The van der Waals surface area contributed by atoms with Gasteiger partial charge in [-0.15, -0.1) is 0 Å². The Hall–Kier alpha value is -2.28. The highest BCUT2D eigenvalue weighted by atomic mass is 35.5. The van der Waals surface area contributed by atoms with Crippen LogP contribution in [0.3, 0.4) is 0 Å². The molecule has 0 radical (unpaired) electrons. The predicted molar refractivity (Wildman–Crippen MR) is 86.5 cm³/mol. The molecule has 2 rings (SSSR count). The second-order valence-electron chi connectivity index (χ2n) is 4.50. The summed E-state index contributed by atoms with van der Waals surface area (Å²) in [6, 6.07) is 12.5. The van der Waals surface area contributed by atoms with Gasteiger partial charge in [0.25, 0.3) is 5.91 Å². The van der Waals surface area contributed by atoms with E-state index in [1.807, 2.05) is 25.1 Å². The van der Waals surface area contributed by atoms with Crippen molar-refractivity contribution < 1.29 is 4.79 Å². The Balaban J connectivity index is 2.18. The van der Waals surface area contributed by atoms with Crippen LogP contribution in [0.4, 0.5) is 5.69 Å². The molecule has 0 fully saturated rings. The van der Waals surface area contributed by atoms with Crippen molar-refractivity contribution in [2.75, 3.05) is 11.9 Å². The van der Waals surface area contributed by atoms with Crippen LogP contribution in [-0.2, 0) is 0 Å². The molecule has 4 heteroatoms. The van der Waals surface area contributed by atoms with Crippen LogP contribution < -0.4 is 11.1 Å². The van der Waals surface area contributed by atoms with E-state index in [0.717, 1.165) is 11.1 Å². The van der Waals surface area contributed by atoms with Crippen molar-refractivity contribution in [3.05, 3.63) is 64.2 Å². The van der Waals surface area contributed by atoms with Crippen LogP contribution in [0.2, 0.25) is 5.02 Å². The SMILES string of the molecule is Cc1ccc(NC(=O)c2cccc(C#CCN)c2)cc1Cl. The maximum absolute atomic E-state index is 12.2. The van der Waals surface area contributed by atoms with Gasteiger partial charge < -0.3 is 11.1 Å². The molecule has 0 unspecified atom stereocenters. The Labute approximate surface area is 129 Å². The van der Waals surface area contributed by atoms with Gasteiger partial charge in [-0.25, -0.2) is 0 Å². The number of anilines is 1. The average molecular weight is 299 g/mol. The molecule has 0 bridgehead atoms. The smallest absolute Gasteiger partial charge is 0.255 e. The lowest BCUT2D eigenvalue weighted by molar-refractivity contribution is 0.102. The zero-order valence-corrected chi connectivity index (χ0v) is 12.4. The maximum Gasteiger partial charge on any atom is 0.255 e. The van der Waals surface area contributed by atoms with Crippen molar-refractivity contribution in [1.29, 1.82) is 0 Å². The minimum Gasteiger partial charge on any atom is -0.322 e. The van der Waals surface area contributed by atoms with E-state index in [1.165, 1.54) is 0 Å². The zero-order valence-electron chi connectivity index (χ0n) is 11.6. The molecule has 0 saturated carbocycles. The van der Waals surface area contributed by atoms with Gasteiger partial charge in [0.2, 0.25) is 0 Å². The van der Waals surface area contributed by atoms with Gasteiger partial charge in [-0.1, -0.05) is 35.6 Å². The molecule has 0 aliphatic rings. The van der Waals surface area contributed by atoms with Crippen LogP contribution in [0.5, 0.6) is 0 Å². The Kier molecular flexibility index (Phi) is 4.99. The van der Waals surface area contributed by atoms with Crippen molar-refractivity contribution in [2.24, 2.45) is 5.73 Å². The summed E-state index contributed by atoms with van der Waals surface area (Å²) in [6.45, 7) is 2.20. The minimum atomic E-state index is -0.202. The summed E-state index contributed by atoms with van der Waals surface area (Å²) in [5.41, 5.74) is 8.26. The molecule has 21 heavy (non-hydrogen) atoms. The number of benzene rings is 2. The quantitative estimate of drug-likeness (QED) is 0.837. The number of hydrogen-bond donors (Lipinski definition) is 2. The van der Waals surface area contributed by atoms with Gasteiger partial charge in [0.15, 0.2) is 0 Å². The molecule has 0 heterocycles. The lowest BCUT2D eigenvalue weighted by Gasteiger charge is -2.07. The van der Waals surface area contributed by atoms with E-state index in [-0.39, 0.29) is 12.5 Å². The second-order valence-corrected chi connectivity index (χ2v) is 4.91. The van der Waals surface area contributed by atoms with Crippen molar-refractivity contribution in [2.45, 2.75) is 6.92 Å². The van der Waals surface area contributed by atoms with Crippen LogP contribution in [0, 0.1) is 18.8 Å². The van der Waals surface area contributed by atoms with E-state index in [0.29, 0.717) is 16.3 Å². The molecule has 3 nitrogen and oxygen atoms in total. The van der Waals surface area contributed by atoms with E-state index >= 15 is 0 Å². The Morgan fingerprint density at radius 1 is 1.29 bits per heavy atom. The van der Waals surface area contributed by atoms with E-state index in [9.17, 15) is 4.79 Å².